The summed E-state index contributed by atoms with van der Waals surface area (Å²) in [6.07, 6.45) is 3.62. The molecule has 0 spiro atoms. The van der Waals surface area contributed by atoms with Crippen LogP contribution in [0.4, 0.5) is 0 Å². The summed E-state index contributed by atoms with van der Waals surface area (Å²) in [7, 11) is 0. The van der Waals surface area contributed by atoms with Crippen LogP contribution in [0.1, 0.15) is 17.5 Å². The Morgan fingerprint density at radius 3 is 2.46 bits per heavy atom. The van der Waals surface area contributed by atoms with E-state index >= 15 is 0 Å². The van der Waals surface area contributed by atoms with Crippen LogP contribution in [0.25, 0.3) is 0 Å². The number of nitrogens with one attached hydrogen (secondary N) is 1. The number of benzene rings is 1. The fourth-order valence-electron chi connectivity index (χ4n) is 4.26. The van der Waals surface area contributed by atoms with Gasteiger partial charge < -0.3 is 19.4 Å². The van der Waals surface area contributed by atoms with Gasteiger partial charge in [-0.15, -0.1) is 11.8 Å². The number of morpholine rings is 1. The normalized spacial score (nSPS) is 20.3. The molecule has 2 heterocycles. The van der Waals surface area contributed by atoms with E-state index in [4.69, 9.17) is 4.74 Å². The lowest BCUT2D eigenvalue weighted by molar-refractivity contribution is -0.896. The van der Waals surface area contributed by atoms with Gasteiger partial charge in [0.2, 0.25) is 5.91 Å². The van der Waals surface area contributed by atoms with Crippen molar-refractivity contribution in [2.24, 2.45) is 0 Å². The summed E-state index contributed by atoms with van der Waals surface area (Å²) >= 11 is 1.65. The second-order valence-electron chi connectivity index (χ2n) is 7.87. The fourth-order valence-corrected chi connectivity index (χ4v) is 5.12. The largest absolute Gasteiger partial charge is 0.378 e. The zero-order valence-corrected chi connectivity index (χ0v) is 17.3. The molecule has 7 heteroatoms. The Kier molecular flexibility index (Phi) is 6.54. The zero-order chi connectivity index (χ0) is 19.3. The van der Waals surface area contributed by atoms with E-state index in [1.807, 2.05) is 9.80 Å². The van der Waals surface area contributed by atoms with Gasteiger partial charge in [0.15, 0.2) is 6.54 Å². The molecule has 152 valence electrons. The first-order valence-corrected chi connectivity index (χ1v) is 11.4. The van der Waals surface area contributed by atoms with E-state index in [1.165, 1.54) is 40.2 Å². The van der Waals surface area contributed by atoms with Crippen molar-refractivity contribution in [2.45, 2.75) is 24.2 Å². The van der Waals surface area contributed by atoms with Crippen molar-refractivity contribution in [1.82, 2.24) is 9.80 Å². The van der Waals surface area contributed by atoms with Crippen LogP contribution >= 0.6 is 11.8 Å². The lowest BCUT2D eigenvalue weighted by atomic mass is 10.1. The number of nitrogens with zero attached hydrogens (tertiary/aromatic N) is 2. The van der Waals surface area contributed by atoms with Crippen molar-refractivity contribution in [3.63, 3.8) is 0 Å². The lowest BCUT2D eigenvalue weighted by Crippen LogP contribution is -3.15. The number of thioether (sulfide) groups is 1. The molecule has 6 nitrogen and oxygen atoms in total. The molecule has 0 atom stereocenters. The Morgan fingerprint density at radius 2 is 1.68 bits per heavy atom. The van der Waals surface area contributed by atoms with Gasteiger partial charge in [-0.3, -0.25) is 9.59 Å². The van der Waals surface area contributed by atoms with Gasteiger partial charge in [0, 0.05) is 18.0 Å². The first-order valence-electron chi connectivity index (χ1n) is 10.4. The SMILES string of the molecule is O=C(CSc1ccc2c(c1)CCC2)N1CC[NH+](CC(=O)N2CCOCC2)CC1. The minimum Gasteiger partial charge on any atom is -0.378 e. The number of fused-ring (bicyclic) bond motifs is 1. The number of piperazine rings is 1. The molecular weight excluding hydrogens is 374 g/mol. The van der Waals surface area contributed by atoms with Crippen molar-refractivity contribution in [1.29, 1.82) is 0 Å². The number of aryl methyl sites for hydroxylation is 2. The molecule has 0 bridgehead atoms. The number of hydrogen-bond acceptors (Lipinski definition) is 4. The zero-order valence-electron chi connectivity index (χ0n) is 16.5. The number of carbonyl (C=O) groups excluding carboxylic acids is 2. The smallest absolute Gasteiger partial charge is 0.277 e. The minimum atomic E-state index is 0.212. The van der Waals surface area contributed by atoms with Crippen molar-refractivity contribution in [3.05, 3.63) is 29.3 Å². The van der Waals surface area contributed by atoms with Crippen LogP contribution in [0.15, 0.2) is 23.1 Å². The van der Waals surface area contributed by atoms with Crippen molar-refractivity contribution >= 4 is 23.6 Å². The van der Waals surface area contributed by atoms with Gasteiger partial charge in [-0.2, -0.15) is 0 Å². The van der Waals surface area contributed by atoms with Crippen LogP contribution < -0.4 is 4.90 Å². The number of quaternary nitrogens is 1. The predicted octanol–water partition coefficient (Wildman–Crippen LogP) is -0.147. The molecule has 2 amide bonds. The minimum absolute atomic E-state index is 0.212. The highest BCUT2D eigenvalue weighted by molar-refractivity contribution is 8.00. The molecule has 2 fully saturated rings. The molecule has 4 rings (SSSR count). The predicted molar refractivity (Wildman–Crippen MR) is 109 cm³/mol. The summed E-state index contributed by atoms with van der Waals surface area (Å²) in [4.78, 5) is 31.3. The monoisotopic (exact) mass is 404 g/mol. The van der Waals surface area contributed by atoms with E-state index in [0.717, 1.165) is 26.2 Å². The Balaban J connectivity index is 1.19. The number of rotatable bonds is 5. The quantitative estimate of drug-likeness (QED) is 0.694. The van der Waals surface area contributed by atoms with Gasteiger partial charge in [-0.05, 0) is 42.5 Å². The van der Waals surface area contributed by atoms with E-state index in [-0.39, 0.29) is 11.8 Å². The standard InChI is InChI=1S/C21H29N3O3S/c25-20(24-10-12-27-13-11-24)15-22-6-8-23(9-7-22)21(26)16-28-19-5-4-17-2-1-3-18(17)14-19/h4-5,14H,1-3,6-13,15-16H2/p+1. The summed E-state index contributed by atoms with van der Waals surface area (Å²) in [5.41, 5.74) is 2.93. The van der Waals surface area contributed by atoms with Gasteiger partial charge in [-0.25, -0.2) is 0 Å². The van der Waals surface area contributed by atoms with E-state index in [9.17, 15) is 9.59 Å². The summed E-state index contributed by atoms with van der Waals surface area (Å²) in [6.45, 7) is 6.43. The highest BCUT2D eigenvalue weighted by atomic mass is 32.2. The third-order valence-corrected chi connectivity index (χ3v) is 7.00. The molecule has 1 aromatic rings. The molecule has 1 aliphatic carbocycles. The first-order chi connectivity index (χ1) is 13.7. The maximum Gasteiger partial charge on any atom is 0.277 e. The Bertz CT molecular complexity index is 713. The van der Waals surface area contributed by atoms with Crippen molar-refractivity contribution < 1.29 is 19.2 Å². The molecule has 0 radical (unpaired) electrons. The molecule has 1 N–H and O–H groups in total. The topological polar surface area (TPSA) is 54.3 Å². The van der Waals surface area contributed by atoms with Gasteiger partial charge in [-0.1, -0.05) is 6.07 Å². The Morgan fingerprint density at radius 1 is 0.964 bits per heavy atom. The number of amides is 2. The number of ether oxygens (including phenoxy) is 1. The van der Waals surface area contributed by atoms with E-state index in [1.54, 1.807) is 11.8 Å². The average Bonchev–Trinajstić information content (AvgIpc) is 3.21. The van der Waals surface area contributed by atoms with Crippen LogP contribution in [0.5, 0.6) is 0 Å². The summed E-state index contributed by atoms with van der Waals surface area (Å²) in [6, 6.07) is 6.64. The summed E-state index contributed by atoms with van der Waals surface area (Å²) in [5, 5.41) is 0. The average molecular weight is 405 g/mol. The molecule has 0 saturated carbocycles. The third kappa shape index (κ3) is 4.88. The molecule has 2 aliphatic heterocycles. The molecule has 0 aromatic heterocycles. The molecule has 0 unspecified atom stereocenters. The maximum absolute atomic E-state index is 12.6. The van der Waals surface area contributed by atoms with E-state index < -0.39 is 0 Å². The summed E-state index contributed by atoms with van der Waals surface area (Å²) < 4.78 is 5.31. The second-order valence-corrected chi connectivity index (χ2v) is 8.92. The lowest BCUT2D eigenvalue weighted by Gasteiger charge is -2.33. The summed E-state index contributed by atoms with van der Waals surface area (Å²) in [5.74, 6) is 0.926. The fraction of sp³-hybridized carbons (Fsp3) is 0.619. The van der Waals surface area contributed by atoms with Gasteiger partial charge in [0.05, 0.1) is 45.1 Å². The highest BCUT2D eigenvalue weighted by Gasteiger charge is 2.27. The van der Waals surface area contributed by atoms with Gasteiger partial charge >= 0.3 is 0 Å². The molecule has 28 heavy (non-hydrogen) atoms. The van der Waals surface area contributed by atoms with Crippen LogP contribution in [0.3, 0.4) is 0 Å². The Hall–Kier alpha value is -1.57. The second kappa shape index (κ2) is 9.29. The van der Waals surface area contributed by atoms with Gasteiger partial charge in [0.1, 0.15) is 0 Å². The Labute approximate surface area is 171 Å². The molecular formula is C21H30N3O3S+. The molecule has 3 aliphatic rings. The molecule has 2 saturated heterocycles. The van der Waals surface area contributed by atoms with Crippen LogP contribution in [0, 0.1) is 0 Å². The van der Waals surface area contributed by atoms with Crippen molar-refractivity contribution in [3.8, 4) is 0 Å². The van der Waals surface area contributed by atoms with Crippen LogP contribution in [-0.4, -0.2) is 86.4 Å². The van der Waals surface area contributed by atoms with Gasteiger partial charge in [0.25, 0.3) is 5.91 Å². The van der Waals surface area contributed by atoms with Crippen molar-refractivity contribution in [2.75, 3.05) is 64.8 Å². The highest BCUT2D eigenvalue weighted by Crippen LogP contribution is 2.27. The maximum atomic E-state index is 12.6. The number of hydrogen-bond donors (Lipinski definition) is 1. The van der Waals surface area contributed by atoms with E-state index in [2.05, 4.69) is 18.2 Å². The molecule has 1 aromatic carbocycles. The first kappa shape index (κ1) is 19.7. The van der Waals surface area contributed by atoms with Crippen LogP contribution in [0.2, 0.25) is 0 Å². The van der Waals surface area contributed by atoms with E-state index in [0.29, 0.717) is 38.6 Å². The third-order valence-electron chi connectivity index (χ3n) is 6.02. The number of carbonyl (C=O) groups is 2. The van der Waals surface area contributed by atoms with Crippen LogP contribution in [-0.2, 0) is 27.2 Å².